The number of carbonyl (C=O) groups excluding carboxylic acids is 6. The molecule has 0 aromatic carbocycles. The van der Waals surface area contributed by atoms with Crippen LogP contribution in [-0.2, 0) is 57.2 Å². The van der Waals surface area contributed by atoms with Crippen LogP contribution in [0.25, 0.3) is 0 Å². The number of carbonyl (C=O) groups is 6. The molecule has 0 radical (unpaired) electrons. The second-order valence-electron chi connectivity index (χ2n) is 22.2. The maximum Gasteiger partial charge on any atom is 0.329 e. The summed E-state index contributed by atoms with van der Waals surface area (Å²) in [5.74, 6) is -8.43. The Labute approximate surface area is 436 Å². The van der Waals surface area contributed by atoms with Crippen LogP contribution >= 0.6 is 0 Å². The third-order valence-electron chi connectivity index (χ3n) is 16.8. The Morgan fingerprint density at radius 1 is 0.863 bits per heavy atom. The van der Waals surface area contributed by atoms with Crippen LogP contribution in [-0.4, -0.2) is 133 Å². The van der Waals surface area contributed by atoms with Gasteiger partial charge in [-0.2, -0.15) is 0 Å². The molecule has 3 fully saturated rings. The molecule has 15 nitrogen and oxygen atoms in total. The number of esters is 2. The van der Waals surface area contributed by atoms with Gasteiger partial charge in [-0.1, -0.05) is 84.9 Å². The first-order chi connectivity index (χ1) is 34.5. The van der Waals surface area contributed by atoms with Gasteiger partial charge in [-0.3, -0.25) is 24.0 Å². The van der Waals surface area contributed by atoms with Crippen molar-refractivity contribution in [2.75, 3.05) is 27.9 Å². The van der Waals surface area contributed by atoms with Crippen LogP contribution in [0.2, 0.25) is 0 Å². The van der Waals surface area contributed by atoms with E-state index in [1.54, 1.807) is 41.1 Å². The molecule has 1 aliphatic carbocycles. The number of piperidine rings is 1. The van der Waals surface area contributed by atoms with Crippen LogP contribution in [0.1, 0.15) is 159 Å². The highest BCUT2D eigenvalue weighted by Gasteiger charge is 2.53. The van der Waals surface area contributed by atoms with Crippen LogP contribution in [0.4, 0.5) is 0 Å². The summed E-state index contributed by atoms with van der Waals surface area (Å²) in [6, 6.07) is -1.17. The minimum atomic E-state index is -2.45. The van der Waals surface area contributed by atoms with Gasteiger partial charge in [-0.15, -0.1) is 0 Å². The Balaban J connectivity index is 1.69. The number of fused-ring (bicyclic) bond motifs is 3. The molecule has 0 aromatic heterocycles. The SMILES string of the molecule is CCC(C)(CC)C(=O)O[C@@H]1CC[C@@H](C[C@H](C)[C@@H]2CC(=O)[C@H](C)/C=C(\C)[C@@H](O)[C@@H](OC)C(=O)[C@H](C)C[C@H](C)/C=C/C=C/C=C(\C)[C@@H](OC)C[C@@H]3CC[C@@H](C)[C@@](O)(O3)C(=O)C(=O)N3CCCC[C@H]3C(=O)O2)C[C@H]1OC. The molecule has 2 bridgehead atoms. The molecule has 73 heavy (non-hydrogen) atoms. The first-order valence-corrected chi connectivity index (χ1v) is 27.2. The van der Waals surface area contributed by atoms with Crippen LogP contribution in [0, 0.1) is 40.9 Å². The summed E-state index contributed by atoms with van der Waals surface area (Å²) in [5, 5.41) is 23.6. The standard InChI is InChI=1S/C58H91NO14/c1-14-57(10,15-2)56(66)72-46-27-25-42(32-49(46)69-12)31-38(6)48-34-45(60)37(5)30-40(8)51(62)52(70-13)50(61)39(7)29-35(3)21-17-16-18-22-36(4)47(68-11)33-43-26-24-41(9)58(67,73-43)53(63)54(64)59-28-20-19-23-44(59)55(65)71-48/h16-18,21-22,30,35,37-39,41-44,46-49,51-52,62,67H,14-15,19-20,23-29,31-34H2,1-13H3/b18-16+,21-17+,36-22+,40-30+/t35-,37-,38+,39-,41-,42+,43+,44+,46-,47+,48+,49-,51-,52+,58-/m1/s1. The zero-order valence-electron chi connectivity index (χ0n) is 46.4. The predicted octanol–water partition coefficient (Wildman–Crippen LogP) is 8.56. The van der Waals surface area contributed by atoms with E-state index in [9.17, 15) is 39.0 Å². The maximum absolute atomic E-state index is 14.6. The quantitative estimate of drug-likeness (QED) is 0.120. The van der Waals surface area contributed by atoms with Crippen LogP contribution < -0.4 is 0 Å². The van der Waals surface area contributed by atoms with Crippen LogP contribution in [0.15, 0.2) is 47.6 Å². The molecule has 0 unspecified atom stereocenters. The van der Waals surface area contributed by atoms with E-state index in [1.165, 1.54) is 12.0 Å². The van der Waals surface area contributed by atoms with Crippen LogP contribution in [0.3, 0.4) is 0 Å². The van der Waals surface area contributed by atoms with E-state index in [0.717, 1.165) is 5.57 Å². The highest BCUT2D eigenvalue weighted by atomic mass is 16.6. The van der Waals surface area contributed by atoms with Crippen molar-refractivity contribution in [2.45, 2.75) is 214 Å². The fraction of sp³-hybridized carbons (Fsp3) is 0.759. The minimum absolute atomic E-state index is 0.00816. The van der Waals surface area contributed by atoms with Gasteiger partial charge in [-0.05, 0) is 127 Å². The highest BCUT2D eigenvalue weighted by Crippen LogP contribution is 2.39. The van der Waals surface area contributed by atoms with Gasteiger partial charge in [0, 0.05) is 58.5 Å². The van der Waals surface area contributed by atoms with Gasteiger partial charge in [0.1, 0.15) is 36.2 Å². The van der Waals surface area contributed by atoms with Crippen molar-refractivity contribution in [3.63, 3.8) is 0 Å². The molecule has 15 atom stereocenters. The number of aliphatic hydroxyl groups is 2. The van der Waals surface area contributed by atoms with Crippen molar-refractivity contribution >= 4 is 35.2 Å². The van der Waals surface area contributed by atoms with E-state index in [0.29, 0.717) is 82.6 Å². The summed E-state index contributed by atoms with van der Waals surface area (Å²) in [5.41, 5.74) is 0.653. The smallest absolute Gasteiger partial charge is 0.329 e. The molecule has 0 spiro atoms. The number of rotatable bonds is 10. The summed E-state index contributed by atoms with van der Waals surface area (Å²) in [4.78, 5) is 85.9. The van der Waals surface area contributed by atoms with Crippen molar-refractivity contribution in [3.8, 4) is 0 Å². The van der Waals surface area contributed by atoms with Gasteiger partial charge < -0.3 is 43.5 Å². The number of hydrogen-bond donors (Lipinski definition) is 2. The number of amides is 1. The Morgan fingerprint density at radius 2 is 1.56 bits per heavy atom. The zero-order chi connectivity index (χ0) is 54.4. The molecule has 1 amide bonds. The molecule has 4 rings (SSSR count). The summed E-state index contributed by atoms with van der Waals surface area (Å²) in [6.07, 6.45) is 12.4. The fourth-order valence-electron chi connectivity index (χ4n) is 11.1. The molecule has 2 N–H and O–H groups in total. The van der Waals surface area contributed by atoms with Gasteiger partial charge >= 0.3 is 11.9 Å². The summed E-state index contributed by atoms with van der Waals surface area (Å²) >= 11 is 0. The largest absolute Gasteiger partial charge is 0.460 e. The lowest BCUT2D eigenvalue weighted by Gasteiger charge is -2.42. The van der Waals surface area contributed by atoms with Crippen molar-refractivity contribution in [1.82, 2.24) is 4.90 Å². The molecule has 0 aromatic rings. The predicted molar refractivity (Wildman–Crippen MR) is 278 cm³/mol. The van der Waals surface area contributed by atoms with E-state index < -0.39 is 89.3 Å². The molecule has 4 aliphatic rings. The summed E-state index contributed by atoms with van der Waals surface area (Å²) in [7, 11) is 4.56. The second kappa shape index (κ2) is 28.3. The Kier molecular flexibility index (Phi) is 23.9. The van der Waals surface area contributed by atoms with E-state index in [4.69, 9.17) is 28.4 Å². The molecule has 15 heteroatoms. The lowest BCUT2D eigenvalue weighted by molar-refractivity contribution is -0.265. The number of hydrogen-bond acceptors (Lipinski definition) is 14. The number of aliphatic hydroxyl groups excluding tert-OH is 1. The van der Waals surface area contributed by atoms with Crippen molar-refractivity contribution in [2.24, 2.45) is 40.9 Å². The molecular weight excluding hydrogens is 935 g/mol. The first kappa shape index (κ1) is 61.7. The maximum atomic E-state index is 14.6. The summed E-state index contributed by atoms with van der Waals surface area (Å²) < 4.78 is 36.0. The Hall–Kier alpha value is -3.86. The number of allylic oxidation sites excluding steroid dienone is 6. The number of methoxy groups -OCH3 is 3. The number of Topliss-reactive ketones (excluding diaryl/α,β-unsaturated/α-hetero) is 3. The molecular formula is C58H91NO14. The second-order valence-corrected chi connectivity index (χ2v) is 22.2. The van der Waals surface area contributed by atoms with E-state index in [2.05, 4.69) is 0 Å². The topological polar surface area (TPSA) is 201 Å². The number of ether oxygens (including phenoxy) is 6. The molecule has 412 valence electrons. The highest BCUT2D eigenvalue weighted by molar-refractivity contribution is 6.39. The van der Waals surface area contributed by atoms with Crippen molar-refractivity contribution in [3.05, 3.63) is 47.6 Å². The van der Waals surface area contributed by atoms with Gasteiger partial charge in [0.05, 0.1) is 23.7 Å². The normalized spacial score (nSPS) is 37.4. The number of nitrogens with zero attached hydrogens (tertiary/aromatic N) is 1. The lowest BCUT2D eigenvalue weighted by Crippen LogP contribution is -2.61. The van der Waals surface area contributed by atoms with Gasteiger partial charge in [0.15, 0.2) is 5.78 Å². The van der Waals surface area contributed by atoms with E-state index in [1.807, 2.05) is 78.8 Å². The average Bonchev–Trinajstić information content (AvgIpc) is 3.37. The third kappa shape index (κ3) is 16.1. The van der Waals surface area contributed by atoms with E-state index in [-0.39, 0.29) is 60.8 Å². The first-order valence-electron chi connectivity index (χ1n) is 27.2. The summed E-state index contributed by atoms with van der Waals surface area (Å²) in [6.45, 7) is 18.6. The van der Waals surface area contributed by atoms with Gasteiger partial charge in [0.2, 0.25) is 5.79 Å². The third-order valence-corrected chi connectivity index (χ3v) is 16.8. The number of cyclic esters (lactones) is 1. The molecule has 2 saturated heterocycles. The van der Waals surface area contributed by atoms with Gasteiger partial charge in [-0.25, -0.2) is 4.79 Å². The molecule has 3 aliphatic heterocycles. The average molecular weight is 1030 g/mol. The fourth-order valence-corrected chi connectivity index (χ4v) is 11.1. The van der Waals surface area contributed by atoms with Crippen LogP contribution in [0.5, 0.6) is 0 Å². The zero-order valence-corrected chi connectivity index (χ0v) is 46.4. The lowest BCUT2D eigenvalue weighted by atomic mass is 9.78. The molecule has 1 saturated carbocycles. The molecule has 3 heterocycles. The Morgan fingerprint density at radius 3 is 2.21 bits per heavy atom. The van der Waals surface area contributed by atoms with Crippen molar-refractivity contribution < 1.29 is 67.4 Å². The van der Waals surface area contributed by atoms with E-state index >= 15 is 0 Å². The Bertz CT molecular complexity index is 2000. The van der Waals surface area contributed by atoms with Crippen molar-refractivity contribution in [1.29, 1.82) is 0 Å². The van der Waals surface area contributed by atoms with Gasteiger partial charge in [0.25, 0.3) is 11.7 Å². The number of ketones is 3. The minimum Gasteiger partial charge on any atom is -0.460 e. The monoisotopic (exact) mass is 1030 g/mol.